The largest absolute Gasteiger partial charge is 0.480 e. The standard InChI is InChI=1S/C13H18N2O3/c1-3-11(12(16)17)15-13(18)14-8-10-6-4-9(2)5-7-10/h4-7,11H,3,8H2,1-2H3,(H,16,17)(H2,14,15,18). The molecule has 0 radical (unpaired) electrons. The predicted molar refractivity (Wildman–Crippen MR) is 68.3 cm³/mol. The second-order valence-electron chi connectivity index (χ2n) is 4.11. The Morgan fingerprint density at radius 3 is 2.39 bits per heavy atom. The van der Waals surface area contributed by atoms with Crippen molar-refractivity contribution in [2.75, 3.05) is 0 Å². The van der Waals surface area contributed by atoms with Crippen LogP contribution in [0.25, 0.3) is 0 Å². The number of carboxylic acid groups (broad SMARTS) is 1. The zero-order chi connectivity index (χ0) is 13.5. The van der Waals surface area contributed by atoms with Crippen LogP contribution in [0.5, 0.6) is 0 Å². The van der Waals surface area contributed by atoms with E-state index in [1.54, 1.807) is 6.92 Å². The Hall–Kier alpha value is -2.04. The number of benzene rings is 1. The molecule has 1 aromatic carbocycles. The number of carboxylic acids is 1. The number of carbonyl (C=O) groups excluding carboxylic acids is 1. The molecule has 1 aromatic rings. The minimum Gasteiger partial charge on any atom is -0.480 e. The molecule has 0 spiro atoms. The molecule has 1 rings (SSSR count). The maximum atomic E-state index is 11.5. The zero-order valence-corrected chi connectivity index (χ0v) is 10.6. The highest BCUT2D eigenvalue weighted by atomic mass is 16.4. The lowest BCUT2D eigenvalue weighted by Gasteiger charge is -2.13. The molecule has 1 atom stereocenters. The highest BCUT2D eigenvalue weighted by Gasteiger charge is 2.16. The van der Waals surface area contributed by atoms with Crippen molar-refractivity contribution >= 4 is 12.0 Å². The molecule has 98 valence electrons. The summed E-state index contributed by atoms with van der Waals surface area (Å²) in [6.07, 6.45) is 0.354. The van der Waals surface area contributed by atoms with E-state index in [-0.39, 0.29) is 0 Å². The molecule has 0 aliphatic rings. The van der Waals surface area contributed by atoms with Gasteiger partial charge in [-0.2, -0.15) is 0 Å². The van der Waals surface area contributed by atoms with Gasteiger partial charge in [0.2, 0.25) is 0 Å². The third-order valence-electron chi connectivity index (χ3n) is 2.59. The van der Waals surface area contributed by atoms with Gasteiger partial charge in [0.05, 0.1) is 0 Å². The molecule has 18 heavy (non-hydrogen) atoms. The van der Waals surface area contributed by atoms with E-state index in [0.29, 0.717) is 13.0 Å². The molecule has 0 saturated carbocycles. The first-order valence-corrected chi connectivity index (χ1v) is 5.85. The lowest BCUT2D eigenvalue weighted by molar-refractivity contribution is -0.139. The molecule has 0 aromatic heterocycles. The molecule has 0 fully saturated rings. The highest BCUT2D eigenvalue weighted by Crippen LogP contribution is 2.02. The summed E-state index contributed by atoms with van der Waals surface area (Å²) in [5, 5.41) is 13.8. The minimum atomic E-state index is -1.03. The van der Waals surface area contributed by atoms with Gasteiger partial charge >= 0.3 is 12.0 Å². The summed E-state index contributed by atoms with van der Waals surface area (Å²) in [5.41, 5.74) is 2.12. The number of urea groups is 1. The fourth-order valence-corrected chi connectivity index (χ4v) is 1.44. The topological polar surface area (TPSA) is 78.4 Å². The molecule has 1 unspecified atom stereocenters. The van der Waals surface area contributed by atoms with Crippen molar-refractivity contribution in [2.24, 2.45) is 0 Å². The van der Waals surface area contributed by atoms with Crippen LogP contribution in [-0.2, 0) is 11.3 Å². The molecule has 0 aliphatic carbocycles. The van der Waals surface area contributed by atoms with Crippen LogP contribution in [0.4, 0.5) is 4.79 Å². The lowest BCUT2D eigenvalue weighted by Crippen LogP contribution is -2.45. The minimum absolute atomic E-state index is 0.354. The van der Waals surface area contributed by atoms with Gasteiger partial charge in [-0.25, -0.2) is 9.59 Å². The second-order valence-corrected chi connectivity index (χ2v) is 4.11. The molecule has 3 N–H and O–H groups in total. The first-order chi connectivity index (χ1) is 8.52. The molecule has 2 amide bonds. The molecule has 5 heteroatoms. The number of carbonyl (C=O) groups is 2. The van der Waals surface area contributed by atoms with Crippen molar-refractivity contribution in [1.82, 2.24) is 10.6 Å². The van der Waals surface area contributed by atoms with Crippen LogP contribution < -0.4 is 10.6 Å². The summed E-state index contributed by atoms with van der Waals surface area (Å²) in [6, 6.07) is 6.45. The third kappa shape index (κ3) is 4.45. The van der Waals surface area contributed by atoms with Crippen LogP contribution in [0.3, 0.4) is 0 Å². The van der Waals surface area contributed by atoms with E-state index in [0.717, 1.165) is 11.1 Å². The highest BCUT2D eigenvalue weighted by molar-refractivity contribution is 5.82. The van der Waals surface area contributed by atoms with Gasteiger partial charge < -0.3 is 15.7 Å². The molecule has 0 saturated heterocycles. The Labute approximate surface area is 106 Å². The van der Waals surface area contributed by atoms with Gasteiger partial charge in [0.1, 0.15) is 6.04 Å². The van der Waals surface area contributed by atoms with Gasteiger partial charge in [0.15, 0.2) is 0 Å². The van der Waals surface area contributed by atoms with Crippen LogP contribution in [0.1, 0.15) is 24.5 Å². The maximum Gasteiger partial charge on any atom is 0.326 e. The van der Waals surface area contributed by atoms with Gasteiger partial charge in [0.25, 0.3) is 0 Å². The molecule has 0 aliphatic heterocycles. The zero-order valence-electron chi connectivity index (χ0n) is 10.6. The maximum absolute atomic E-state index is 11.5. The van der Waals surface area contributed by atoms with Gasteiger partial charge in [-0.15, -0.1) is 0 Å². The van der Waals surface area contributed by atoms with Crippen LogP contribution in [0, 0.1) is 6.92 Å². The Kier molecular flexibility index (Phi) is 5.17. The van der Waals surface area contributed by atoms with Crippen LogP contribution >= 0.6 is 0 Å². The fraction of sp³-hybridized carbons (Fsp3) is 0.385. The second kappa shape index (κ2) is 6.64. The van der Waals surface area contributed by atoms with E-state index in [2.05, 4.69) is 10.6 Å². The molecule has 5 nitrogen and oxygen atoms in total. The van der Waals surface area contributed by atoms with Crippen molar-refractivity contribution in [2.45, 2.75) is 32.9 Å². The van der Waals surface area contributed by atoms with E-state index < -0.39 is 18.0 Å². The van der Waals surface area contributed by atoms with E-state index >= 15 is 0 Å². The number of hydrogen-bond acceptors (Lipinski definition) is 2. The number of nitrogens with one attached hydrogen (secondary N) is 2. The summed E-state index contributed by atoms with van der Waals surface area (Å²) in [5.74, 6) is -1.03. The molecule has 0 bridgehead atoms. The monoisotopic (exact) mass is 250 g/mol. The van der Waals surface area contributed by atoms with Gasteiger partial charge in [-0.05, 0) is 18.9 Å². The average Bonchev–Trinajstić information content (AvgIpc) is 2.35. The number of rotatable bonds is 5. The Bertz CT molecular complexity index is 415. The molecular formula is C13H18N2O3. The van der Waals surface area contributed by atoms with Gasteiger partial charge in [0, 0.05) is 6.54 Å². The van der Waals surface area contributed by atoms with Crippen molar-refractivity contribution in [3.8, 4) is 0 Å². The van der Waals surface area contributed by atoms with Crippen LogP contribution in [-0.4, -0.2) is 23.1 Å². The van der Waals surface area contributed by atoms with Crippen LogP contribution in [0.15, 0.2) is 24.3 Å². The first kappa shape index (κ1) is 14.0. The Balaban J connectivity index is 2.41. The molecular weight excluding hydrogens is 232 g/mol. The summed E-state index contributed by atoms with van der Waals surface area (Å²) >= 11 is 0. The summed E-state index contributed by atoms with van der Waals surface area (Å²) < 4.78 is 0. The average molecular weight is 250 g/mol. The van der Waals surface area contributed by atoms with Crippen molar-refractivity contribution in [3.05, 3.63) is 35.4 Å². The fourth-order valence-electron chi connectivity index (χ4n) is 1.44. The van der Waals surface area contributed by atoms with E-state index in [9.17, 15) is 9.59 Å². The lowest BCUT2D eigenvalue weighted by atomic mass is 10.1. The quantitative estimate of drug-likeness (QED) is 0.743. The number of hydrogen-bond donors (Lipinski definition) is 3. The number of amides is 2. The molecule has 0 heterocycles. The normalized spacial score (nSPS) is 11.7. The third-order valence-corrected chi connectivity index (χ3v) is 2.59. The summed E-state index contributed by atoms with van der Waals surface area (Å²) in [4.78, 5) is 22.2. The van der Waals surface area contributed by atoms with Gasteiger partial charge in [-0.1, -0.05) is 36.8 Å². The summed E-state index contributed by atoms with van der Waals surface area (Å²) in [6.45, 7) is 4.07. The van der Waals surface area contributed by atoms with E-state index in [1.165, 1.54) is 0 Å². The van der Waals surface area contributed by atoms with Crippen molar-refractivity contribution < 1.29 is 14.7 Å². The number of aryl methyl sites for hydroxylation is 1. The summed E-state index contributed by atoms with van der Waals surface area (Å²) in [7, 11) is 0. The van der Waals surface area contributed by atoms with E-state index in [4.69, 9.17) is 5.11 Å². The Morgan fingerprint density at radius 2 is 1.89 bits per heavy atom. The number of aliphatic carboxylic acids is 1. The first-order valence-electron chi connectivity index (χ1n) is 5.85. The SMILES string of the molecule is CCC(NC(=O)NCc1ccc(C)cc1)C(=O)O. The van der Waals surface area contributed by atoms with E-state index in [1.807, 2.05) is 31.2 Å². The van der Waals surface area contributed by atoms with Gasteiger partial charge in [-0.3, -0.25) is 0 Å². The van der Waals surface area contributed by atoms with Crippen molar-refractivity contribution in [1.29, 1.82) is 0 Å². The smallest absolute Gasteiger partial charge is 0.326 e. The van der Waals surface area contributed by atoms with Crippen LogP contribution in [0.2, 0.25) is 0 Å². The van der Waals surface area contributed by atoms with Crippen molar-refractivity contribution in [3.63, 3.8) is 0 Å². The Morgan fingerprint density at radius 1 is 1.28 bits per heavy atom. The predicted octanol–water partition coefficient (Wildman–Crippen LogP) is 1.66.